The summed E-state index contributed by atoms with van der Waals surface area (Å²) in [6, 6.07) is 10.1. The maximum Gasteiger partial charge on any atom is 0.262 e. The van der Waals surface area contributed by atoms with Crippen LogP contribution < -0.4 is 20.8 Å². The molecular weight excluding hydrogens is 505 g/mol. The van der Waals surface area contributed by atoms with E-state index < -0.39 is 17.2 Å². The predicted molar refractivity (Wildman–Crippen MR) is 143 cm³/mol. The van der Waals surface area contributed by atoms with Crippen molar-refractivity contribution in [2.24, 2.45) is 7.05 Å². The number of halogens is 1. The van der Waals surface area contributed by atoms with E-state index in [2.05, 4.69) is 30.8 Å². The Kier molecular flexibility index (Phi) is 7.02. The van der Waals surface area contributed by atoms with Gasteiger partial charge in [0.25, 0.3) is 5.91 Å². The first kappa shape index (κ1) is 25.5. The predicted octanol–water partition coefficient (Wildman–Crippen LogP) is 3.70. The number of hydrogen-bond donors (Lipinski definition) is 4. The van der Waals surface area contributed by atoms with Gasteiger partial charge in [-0.1, -0.05) is 12.1 Å². The fraction of sp³-hybridized carbons (Fsp3) is 0.148. The Hall–Kier alpha value is -5.10. The number of aromatic amines is 1. The lowest BCUT2D eigenvalue weighted by atomic mass is 10.0. The Morgan fingerprint density at radius 1 is 1.15 bits per heavy atom. The molecule has 4 heterocycles. The Bertz CT molecular complexity index is 1700. The van der Waals surface area contributed by atoms with Crippen molar-refractivity contribution in [2.75, 3.05) is 17.2 Å². The molecule has 0 aliphatic heterocycles. The number of hydrogen-bond acceptors (Lipinski definition) is 8. The molecule has 0 aliphatic rings. The number of carbonyl (C=O) groups is 1. The van der Waals surface area contributed by atoms with Gasteiger partial charge in [0, 0.05) is 43.3 Å². The van der Waals surface area contributed by atoms with Crippen molar-refractivity contribution < 1.29 is 19.0 Å². The van der Waals surface area contributed by atoms with E-state index in [1.54, 1.807) is 42.2 Å². The zero-order chi connectivity index (χ0) is 27.5. The lowest BCUT2D eigenvalue weighted by Crippen LogP contribution is -2.24. The second kappa shape index (κ2) is 10.7. The highest BCUT2D eigenvalue weighted by Crippen LogP contribution is 2.33. The number of nitrogens with zero attached hydrogens (tertiary/aromatic N) is 4. The SMILES string of the molecule is CC(CO)Nc1n[nH]c2nccc(Oc3ccc(NC(=O)c4cn(C)cc(-c5ccc(F)cc5)c4=O)nc3)c12. The van der Waals surface area contributed by atoms with Crippen LogP contribution in [0.5, 0.6) is 11.5 Å². The lowest BCUT2D eigenvalue weighted by Gasteiger charge is -2.12. The summed E-state index contributed by atoms with van der Waals surface area (Å²) in [7, 11) is 1.69. The number of carbonyl (C=O) groups excluding carboxylic acids is 1. The molecular formula is C27H24FN7O4. The summed E-state index contributed by atoms with van der Waals surface area (Å²) < 4.78 is 20.9. The van der Waals surface area contributed by atoms with Crippen molar-refractivity contribution in [3.05, 3.63) is 88.9 Å². The van der Waals surface area contributed by atoms with Gasteiger partial charge in [-0.05, 0) is 36.8 Å². The number of aryl methyl sites for hydroxylation is 1. The second-order valence-corrected chi connectivity index (χ2v) is 8.86. The van der Waals surface area contributed by atoms with E-state index in [1.807, 2.05) is 6.92 Å². The summed E-state index contributed by atoms with van der Waals surface area (Å²) >= 11 is 0. The van der Waals surface area contributed by atoms with Gasteiger partial charge in [0.15, 0.2) is 11.5 Å². The number of aliphatic hydroxyl groups excluding tert-OH is 1. The molecule has 0 fully saturated rings. The highest BCUT2D eigenvalue weighted by Gasteiger charge is 2.18. The van der Waals surface area contributed by atoms with Crippen LogP contribution in [0.4, 0.5) is 16.0 Å². The molecule has 12 heteroatoms. The van der Waals surface area contributed by atoms with E-state index in [4.69, 9.17) is 4.74 Å². The lowest BCUT2D eigenvalue weighted by molar-refractivity contribution is 0.102. The van der Waals surface area contributed by atoms with Crippen LogP contribution in [0, 0.1) is 5.82 Å². The maximum atomic E-state index is 13.3. The van der Waals surface area contributed by atoms with Crippen LogP contribution in [-0.2, 0) is 7.05 Å². The smallest absolute Gasteiger partial charge is 0.262 e. The third-order valence-corrected chi connectivity index (χ3v) is 5.84. The fourth-order valence-corrected chi connectivity index (χ4v) is 3.92. The van der Waals surface area contributed by atoms with E-state index >= 15 is 0 Å². The minimum absolute atomic E-state index is 0.0788. The summed E-state index contributed by atoms with van der Waals surface area (Å²) in [5.41, 5.74) is 0.698. The van der Waals surface area contributed by atoms with Crippen molar-refractivity contribution in [3.8, 4) is 22.6 Å². The van der Waals surface area contributed by atoms with Crippen LogP contribution in [0.25, 0.3) is 22.2 Å². The summed E-state index contributed by atoms with van der Waals surface area (Å²) in [4.78, 5) is 34.5. The van der Waals surface area contributed by atoms with Gasteiger partial charge < -0.3 is 25.0 Å². The number of anilines is 2. The molecule has 4 N–H and O–H groups in total. The number of amides is 1. The summed E-state index contributed by atoms with van der Waals surface area (Å²) in [6.07, 6.45) is 6.00. The van der Waals surface area contributed by atoms with Crippen LogP contribution in [-0.4, -0.2) is 48.4 Å². The van der Waals surface area contributed by atoms with Crippen LogP contribution in [0.2, 0.25) is 0 Å². The van der Waals surface area contributed by atoms with E-state index in [0.717, 1.165) is 0 Å². The van der Waals surface area contributed by atoms with E-state index in [1.165, 1.54) is 36.7 Å². The van der Waals surface area contributed by atoms with Crippen LogP contribution in [0.3, 0.4) is 0 Å². The Balaban J connectivity index is 1.35. The third-order valence-electron chi connectivity index (χ3n) is 5.84. The highest BCUT2D eigenvalue weighted by molar-refractivity contribution is 6.04. The Morgan fingerprint density at radius 2 is 1.95 bits per heavy atom. The van der Waals surface area contributed by atoms with Gasteiger partial charge >= 0.3 is 0 Å². The molecule has 1 unspecified atom stereocenters. The quantitative estimate of drug-likeness (QED) is 0.238. The molecule has 39 heavy (non-hydrogen) atoms. The van der Waals surface area contributed by atoms with Gasteiger partial charge in [0.05, 0.1) is 12.8 Å². The zero-order valence-corrected chi connectivity index (χ0v) is 21.0. The molecule has 11 nitrogen and oxygen atoms in total. The Morgan fingerprint density at radius 3 is 2.67 bits per heavy atom. The van der Waals surface area contributed by atoms with Gasteiger partial charge in [-0.2, -0.15) is 5.10 Å². The molecule has 0 spiro atoms. The van der Waals surface area contributed by atoms with Gasteiger partial charge in [0.1, 0.15) is 34.1 Å². The van der Waals surface area contributed by atoms with Crippen LogP contribution >= 0.6 is 0 Å². The topological polar surface area (TPSA) is 147 Å². The standard InChI is InChI=1S/C27H24FN7O4/c1-15(14-36)31-26-23-21(9-10-29-25(23)33-34-26)39-18-7-8-22(30-11-18)32-27(38)20-13-35(2)12-19(24(20)37)16-3-5-17(28)6-4-16/h3-13,15,36H,14H2,1-2H3,(H,30,32,38)(H2,29,31,33,34). The number of ether oxygens (including phenoxy) is 1. The first-order valence-corrected chi connectivity index (χ1v) is 11.9. The van der Waals surface area contributed by atoms with Crippen LogP contribution in [0.15, 0.2) is 72.0 Å². The number of aliphatic hydroxyl groups is 1. The van der Waals surface area contributed by atoms with Crippen LogP contribution in [0.1, 0.15) is 17.3 Å². The fourth-order valence-electron chi connectivity index (χ4n) is 3.92. The zero-order valence-electron chi connectivity index (χ0n) is 21.0. The number of benzene rings is 1. The van der Waals surface area contributed by atoms with Gasteiger partial charge in [-0.3, -0.25) is 14.7 Å². The molecule has 1 amide bonds. The minimum atomic E-state index is -0.635. The summed E-state index contributed by atoms with van der Waals surface area (Å²) in [5, 5.41) is 22.7. The van der Waals surface area contributed by atoms with E-state index in [0.29, 0.717) is 33.9 Å². The normalized spacial score (nSPS) is 11.8. The molecule has 0 aliphatic carbocycles. The van der Waals surface area contributed by atoms with Crippen molar-refractivity contribution >= 4 is 28.6 Å². The first-order valence-electron chi connectivity index (χ1n) is 11.9. The second-order valence-electron chi connectivity index (χ2n) is 8.86. The van der Waals surface area contributed by atoms with Gasteiger partial charge in [0.2, 0.25) is 5.43 Å². The first-order chi connectivity index (χ1) is 18.8. The molecule has 4 aromatic heterocycles. The average molecular weight is 530 g/mol. The Labute approximate surface area is 221 Å². The number of rotatable bonds is 8. The average Bonchev–Trinajstić information content (AvgIpc) is 3.34. The monoisotopic (exact) mass is 529 g/mol. The molecule has 5 aromatic rings. The van der Waals surface area contributed by atoms with Gasteiger partial charge in [-0.25, -0.2) is 14.4 Å². The number of aromatic nitrogens is 5. The molecule has 1 aromatic carbocycles. The van der Waals surface area contributed by atoms with E-state index in [9.17, 15) is 19.1 Å². The minimum Gasteiger partial charge on any atom is -0.455 e. The largest absolute Gasteiger partial charge is 0.455 e. The van der Waals surface area contributed by atoms with Gasteiger partial charge in [-0.15, -0.1) is 0 Å². The number of nitrogens with one attached hydrogen (secondary N) is 3. The summed E-state index contributed by atoms with van der Waals surface area (Å²) in [5.74, 6) is 0.483. The molecule has 0 bridgehead atoms. The molecule has 0 saturated carbocycles. The molecule has 0 radical (unpaired) electrons. The molecule has 198 valence electrons. The van der Waals surface area contributed by atoms with Crippen molar-refractivity contribution in [2.45, 2.75) is 13.0 Å². The summed E-state index contributed by atoms with van der Waals surface area (Å²) in [6.45, 7) is 1.73. The number of pyridine rings is 3. The highest BCUT2D eigenvalue weighted by atomic mass is 19.1. The molecule has 1 atom stereocenters. The van der Waals surface area contributed by atoms with Crippen molar-refractivity contribution in [3.63, 3.8) is 0 Å². The van der Waals surface area contributed by atoms with Crippen molar-refractivity contribution in [1.82, 2.24) is 24.7 Å². The third kappa shape index (κ3) is 5.45. The number of fused-ring (bicyclic) bond motifs is 1. The maximum absolute atomic E-state index is 13.3. The van der Waals surface area contributed by atoms with Crippen molar-refractivity contribution in [1.29, 1.82) is 0 Å². The van der Waals surface area contributed by atoms with E-state index in [-0.39, 0.29) is 29.6 Å². The number of H-pyrrole nitrogens is 1. The molecule has 0 saturated heterocycles. The molecule has 5 rings (SSSR count).